The molecule has 11 heavy (non-hydrogen) atoms. The Morgan fingerprint density at radius 3 is 2.55 bits per heavy atom. The first-order valence-electron chi connectivity index (χ1n) is 3.39. The molecule has 0 heterocycles. The molecule has 0 aromatic heterocycles. The molecule has 0 bridgehead atoms. The van der Waals surface area contributed by atoms with Crippen LogP contribution in [0.15, 0.2) is 24.3 Å². The van der Waals surface area contributed by atoms with Crippen LogP contribution in [0.2, 0.25) is 0 Å². The van der Waals surface area contributed by atoms with Gasteiger partial charge in [-0.1, -0.05) is 0 Å². The molecule has 0 aliphatic carbocycles. The van der Waals surface area contributed by atoms with Gasteiger partial charge in [0.05, 0.1) is 0 Å². The van der Waals surface area contributed by atoms with Crippen LogP contribution >= 0.6 is 0 Å². The number of hydrogen-bond donors (Lipinski definition) is 0. The molecule has 0 saturated carbocycles. The number of hydrogen-bond acceptors (Lipinski definition) is 1. The molecule has 1 aromatic rings. The zero-order valence-electron chi connectivity index (χ0n) is 6.77. The number of nitrogens with zero attached hydrogens (tertiary/aromatic N) is 1. The fourth-order valence-corrected chi connectivity index (χ4v) is 0.870. The van der Waals surface area contributed by atoms with Crippen molar-refractivity contribution in [3.05, 3.63) is 35.9 Å². The van der Waals surface area contributed by atoms with E-state index in [1.807, 2.05) is 18.2 Å². The third-order valence-electron chi connectivity index (χ3n) is 1.26. The van der Waals surface area contributed by atoms with E-state index in [0.29, 0.717) is 0 Å². The molecule has 0 unspecified atom stereocenters. The molecule has 0 fully saturated rings. The summed E-state index contributed by atoms with van der Waals surface area (Å²) < 4.78 is 0. The molecule has 0 atom stereocenters. The Balaban J connectivity index is 0.000001000. The van der Waals surface area contributed by atoms with Crippen molar-refractivity contribution in [1.82, 2.24) is 4.90 Å². The van der Waals surface area contributed by atoms with Crippen molar-refractivity contribution in [2.75, 3.05) is 14.1 Å². The third kappa shape index (κ3) is 4.38. The van der Waals surface area contributed by atoms with Crippen LogP contribution in [0.4, 0.5) is 0 Å². The summed E-state index contributed by atoms with van der Waals surface area (Å²) in [5, 5.41) is 0. The molecule has 0 aliphatic heterocycles. The van der Waals surface area contributed by atoms with Crippen molar-refractivity contribution >= 4 is 0 Å². The molecule has 0 amide bonds. The van der Waals surface area contributed by atoms with E-state index in [1.165, 1.54) is 5.56 Å². The summed E-state index contributed by atoms with van der Waals surface area (Å²) in [5.74, 6) is 0. The van der Waals surface area contributed by atoms with Crippen molar-refractivity contribution in [2.45, 2.75) is 6.54 Å². The Morgan fingerprint density at radius 2 is 2.09 bits per heavy atom. The van der Waals surface area contributed by atoms with E-state index in [1.54, 1.807) is 0 Å². The Kier molecular flexibility index (Phi) is 5.52. The summed E-state index contributed by atoms with van der Waals surface area (Å²) in [5.41, 5.74) is 1.24. The standard InChI is InChI=1S/C9H12N.Au/c1-10(2)8-9-6-4-3-5-7-9;/h3-6H,8H2,1-2H3;/q-1;+3. The van der Waals surface area contributed by atoms with Crippen molar-refractivity contribution in [2.24, 2.45) is 0 Å². The predicted octanol–water partition coefficient (Wildman–Crippen LogP) is 1.55. The van der Waals surface area contributed by atoms with E-state index in [2.05, 4.69) is 31.1 Å². The van der Waals surface area contributed by atoms with Gasteiger partial charge in [0.25, 0.3) is 0 Å². The molecule has 62 valence electrons. The first kappa shape index (κ1) is 10.9. The molecular weight excluding hydrogens is 319 g/mol. The Labute approximate surface area is 83.9 Å². The van der Waals surface area contributed by atoms with Crippen LogP contribution in [0.25, 0.3) is 0 Å². The quantitative estimate of drug-likeness (QED) is 0.587. The third-order valence-corrected chi connectivity index (χ3v) is 1.26. The topological polar surface area (TPSA) is 3.24 Å². The van der Waals surface area contributed by atoms with Crippen molar-refractivity contribution in [1.29, 1.82) is 0 Å². The van der Waals surface area contributed by atoms with Gasteiger partial charge in [0.1, 0.15) is 0 Å². The predicted molar refractivity (Wildman–Crippen MR) is 42.7 cm³/mol. The minimum Gasteiger partial charge on any atom is -0.307 e. The molecule has 0 aliphatic rings. The van der Waals surface area contributed by atoms with Crippen LogP contribution in [0.3, 0.4) is 0 Å². The van der Waals surface area contributed by atoms with Gasteiger partial charge >= 0.3 is 22.4 Å². The second kappa shape index (κ2) is 5.56. The number of rotatable bonds is 2. The SMILES string of the molecule is CN(C)Cc1[c-]cccc1.[Au+3]. The maximum Gasteiger partial charge on any atom is 3.00 e. The molecule has 1 rings (SSSR count). The molecular formula is C9H12AuN+2. The minimum absolute atomic E-state index is 0. The van der Waals surface area contributed by atoms with Gasteiger partial charge in [0.2, 0.25) is 0 Å². The van der Waals surface area contributed by atoms with Crippen molar-refractivity contribution < 1.29 is 22.4 Å². The molecule has 0 spiro atoms. The maximum absolute atomic E-state index is 3.16. The van der Waals surface area contributed by atoms with Gasteiger partial charge in [-0.15, -0.1) is 5.56 Å². The van der Waals surface area contributed by atoms with Gasteiger partial charge in [-0.25, -0.2) is 0 Å². The largest absolute Gasteiger partial charge is 3.00 e. The van der Waals surface area contributed by atoms with Crippen LogP contribution in [0, 0.1) is 6.07 Å². The van der Waals surface area contributed by atoms with E-state index in [-0.39, 0.29) is 22.4 Å². The normalized spacial score (nSPS) is 9.36. The van der Waals surface area contributed by atoms with E-state index >= 15 is 0 Å². The summed E-state index contributed by atoms with van der Waals surface area (Å²) in [6.45, 7) is 0.973. The van der Waals surface area contributed by atoms with Crippen LogP contribution in [0.5, 0.6) is 0 Å². The average Bonchev–Trinajstić information content (AvgIpc) is 1.88. The first-order chi connectivity index (χ1) is 4.79. The van der Waals surface area contributed by atoms with E-state index in [9.17, 15) is 0 Å². The van der Waals surface area contributed by atoms with Crippen molar-refractivity contribution in [3.63, 3.8) is 0 Å². The molecule has 0 radical (unpaired) electrons. The van der Waals surface area contributed by atoms with E-state index in [4.69, 9.17) is 0 Å². The van der Waals surface area contributed by atoms with Crippen LogP contribution in [-0.2, 0) is 28.9 Å². The Hall–Kier alpha value is -0.0797. The second-order valence-corrected chi connectivity index (χ2v) is 2.63. The minimum atomic E-state index is 0. The van der Waals surface area contributed by atoms with Gasteiger partial charge < -0.3 is 4.90 Å². The fraction of sp³-hybridized carbons (Fsp3) is 0.333. The first-order valence-corrected chi connectivity index (χ1v) is 3.39. The molecule has 0 saturated heterocycles. The van der Waals surface area contributed by atoms with Gasteiger partial charge in [0, 0.05) is 6.54 Å². The summed E-state index contributed by atoms with van der Waals surface area (Å²) in [7, 11) is 4.11. The monoisotopic (exact) mass is 331 g/mol. The van der Waals surface area contributed by atoms with Gasteiger partial charge in [0.15, 0.2) is 0 Å². The summed E-state index contributed by atoms with van der Waals surface area (Å²) in [6.07, 6.45) is 0. The van der Waals surface area contributed by atoms with Crippen LogP contribution in [-0.4, -0.2) is 19.0 Å². The smallest absolute Gasteiger partial charge is 0.307 e. The Morgan fingerprint density at radius 1 is 1.36 bits per heavy atom. The maximum atomic E-state index is 3.16. The van der Waals surface area contributed by atoms with Crippen molar-refractivity contribution in [3.8, 4) is 0 Å². The molecule has 0 N–H and O–H groups in total. The second-order valence-electron chi connectivity index (χ2n) is 2.63. The summed E-state index contributed by atoms with van der Waals surface area (Å²) >= 11 is 0. The molecule has 1 nitrogen and oxygen atoms in total. The average molecular weight is 331 g/mol. The molecule has 2 heteroatoms. The summed E-state index contributed by atoms with van der Waals surface area (Å²) in [6, 6.07) is 11.2. The van der Waals surface area contributed by atoms with Crippen LogP contribution < -0.4 is 0 Å². The van der Waals surface area contributed by atoms with E-state index in [0.717, 1.165) is 6.54 Å². The van der Waals surface area contributed by atoms with Gasteiger partial charge in [-0.2, -0.15) is 30.3 Å². The zero-order valence-corrected chi connectivity index (χ0v) is 8.93. The zero-order chi connectivity index (χ0) is 7.40. The number of benzene rings is 1. The van der Waals surface area contributed by atoms with Gasteiger partial charge in [-0.3, -0.25) is 0 Å². The summed E-state index contributed by atoms with van der Waals surface area (Å²) in [4.78, 5) is 2.13. The Bertz CT molecular complexity index is 184. The molecule has 1 aromatic carbocycles. The van der Waals surface area contributed by atoms with Crippen LogP contribution in [0.1, 0.15) is 5.56 Å². The van der Waals surface area contributed by atoms with Gasteiger partial charge in [-0.05, 0) is 14.1 Å². The fourth-order valence-electron chi connectivity index (χ4n) is 0.870. The van der Waals surface area contributed by atoms with E-state index < -0.39 is 0 Å².